The van der Waals surface area contributed by atoms with E-state index in [1.54, 1.807) is 4.90 Å². The van der Waals surface area contributed by atoms with Gasteiger partial charge in [0.25, 0.3) is 0 Å². The van der Waals surface area contributed by atoms with Gasteiger partial charge in [-0.1, -0.05) is 18.5 Å². The molecule has 0 aromatic rings. The molecule has 0 saturated carbocycles. The molecule has 0 aliphatic carbocycles. The highest BCUT2D eigenvalue weighted by atomic mass is 16.4. The predicted molar refractivity (Wildman–Crippen MR) is 68.2 cm³/mol. The molecular formula is C12H23N3O3. The van der Waals surface area contributed by atoms with Crippen LogP contribution >= 0.6 is 0 Å². The summed E-state index contributed by atoms with van der Waals surface area (Å²) in [7, 11) is 0. The van der Waals surface area contributed by atoms with Gasteiger partial charge in [0.1, 0.15) is 0 Å². The van der Waals surface area contributed by atoms with Crippen LogP contribution < -0.4 is 5.73 Å². The van der Waals surface area contributed by atoms with E-state index in [9.17, 15) is 4.79 Å². The smallest absolute Gasteiger partial charge is 0.233 e. The summed E-state index contributed by atoms with van der Waals surface area (Å²) in [5, 5.41) is 20.9. The molecule has 1 rings (SSSR count). The Labute approximate surface area is 107 Å². The fourth-order valence-corrected chi connectivity index (χ4v) is 2.39. The van der Waals surface area contributed by atoms with Crippen molar-refractivity contribution in [3.63, 3.8) is 0 Å². The van der Waals surface area contributed by atoms with Crippen LogP contribution in [0.4, 0.5) is 0 Å². The number of aliphatic hydroxyl groups is 1. The molecule has 1 fully saturated rings. The number of piperidine rings is 1. The topological polar surface area (TPSA) is 99.2 Å². The molecule has 1 saturated heterocycles. The Morgan fingerprint density at radius 1 is 1.61 bits per heavy atom. The number of carbonyl (C=O) groups is 1. The quantitative estimate of drug-likeness (QED) is 0.287. The number of rotatable bonds is 5. The maximum atomic E-state index is 12.3. The Hall–Kier alpha value is -1.30. The van der Waals surface area contributed by atoms with E-state index in [4.69, 9.17) is 16.0 Å². The molecule has 6 nitrogen and oxygen atoms in total. The molecule has 1 aliphatic rings. The Morgan fingerprint density at radius 2 is 2.33 bits per heavy atom. The van der Waals surface area contributed by atoms with Gasteiger partial charge in [-0.2, -0.15) is 0 Å². The van der Waals surface area contributed by atoms with E-state index in [0.717, 1.165) is 19.3 Å². The summed E-state index contributed by atoms with van der Waals surface area (Å²) in [4.78, 5) is 14.0. The van der Waals surface area contributed by atoms with Crippen LogP contribution in [0.2, 0.25) is 0 Å². The molecule has 0 spiro atoms. The van der Waals surface area contributed by atoms with Crippen LogP contribution in [0.1, 0.15) is 32.6 Å². The van der Waals surface area contributed by atoms with E-state index < -0.39 is 5.92 Å². The van der Waals surface area contributed by atoms with Gasteiger partial charge in [0.2, 0.25) is 5.91 Å². The SMILES string of the molecule is CCCC(C(=O)N1CCCC(CO)C1)/C(N)=N/O. The van der Waals surface area contributed by atoms with Gasteiger partial charge in [-0.3, -0.25) is 4.79 Å². The minimum atomic E-state index is -0.544. The number of amides is 1. The first-order valence-electron chi connectivity index (χ1n) is 6.51. The largest absolute Gasteiger partial charge is 0.409 e. The van der Waals surface area contributed by atoms with E-state index in [1.165, 1.54) is 0 Å². The van der Waals surface area contributed by atoms with Crippen molar-refractivity contribution < 1.29 is 15.1 Å². The molecule has 2 atom stereocenters. The zero-order chi connectivity index (χ0) is 13.5. The number of nitrogens with two attached hydrogens (primary N) is 1. The lowest BCUT2D eigenvalue weighted by Crippen LogP contribution is -2.47. The molecule has 0 bridgehead atoms. The maximum absolute atomic E-state index is 12.3. The number of hydrogen-bond acceptors (Lipinski definition) is 4. The van der Waals surface area contributed by atoms with Crippen LogP contribution in [-0.2, 0) is 4.79 Å². The van der Waals surface area contributed by atoms with Crippen molar-refractivity contribution in [2.45, 2.75) is 32.6 Å². The van der Waals surface area contributed by atoms with Crippen LogP contribution in [-0.4, -0.2) is 46.7 Å². The number of oxime groups is 1. The Morgan fingerprint density at radius 3 is 2.89 bits per heavy atom. The van der Waals surface area contributed by atoms with Crippen molar-refractivity contribution in [1.29, 1.82) is 0 Å². The first kappa shape index (κ1) is 14.8. The van der Waals surface area contributed by atoms with Gasteiger partial charge in [0.05, 0.1) is 5.92 Å². The molecule has 1 amide bonds. The Kier molecular flexibility index (Phi) is 5.91. The Bertz CT molecular complexity index is 307. The first-order chi connectivity index (χ1) is 8.63. The molecule has 104 valence electrons. The Balaban J connectivity index is 2.70. The van der Waals surface area contributed by atoms with E-state index in [2.05, 4.69) is 5.16 Å². The zero-order valence-corrected chi connectivity index (χ0v) is 10.9. The van der Waals surface area contributed by atoms with Crippen molar-refractivity contribution in [2.75, 3.05) is 19.7 Å². The average Bonchev–Trinajstić information content (AvgIpc) is 2.43. The summed E-state index contributed by atoms with van der Waals surface area (Å²) < 4.78 is 0. The van der Waals surface area contributed by atoms with Crippen LogP contribution in [0.3, 0.4) is 0 Å². The molecule has 0 radical (unpaired) electrons. The van der Waals surface area contributed by atoms with Crippen LogP contribution in [0.5, 0.6) is 0 Å². The summed E-state index contributed by atoms with van der Waals surface area (Å²) >= 11 is 0. The van der Waals surface area contributed by atoms with Gasteiger partial charge in [-0.25, -0.2) is 0 Å². The molecule has 6 heteroatoms. The number of nitrogens with zero attached hydrogens (tertiary/aromatic N) is 2. The van der Waals surface area contributed by atoms with E-state index in [-0.39, 0.29) is 24.3 Å². The summed E-state index contributed by atoms with van der Waals surface area (Å²) in [6.45, 7) is 3.31. The minimum Gasteiger partial charge on any atom is -0.409 e. The number of hydrogen-bond donors (Lipinski definition) is 3. The maximum Gasteiger partial charge on any atom is 0.233 e. The molecule has 4 N–H and O–H groups in total. The fourth-order valence-electron chi connectivity index (χ4n) is 2.39. The normalized spacial score (nSPS) is 22.9. The number of amidine groups is 1. The molecule has 0 aromatic heterocycles. The highest BCUT2D eigenvalue weighted by Crippen LogP contribution is 2.19. The molecule has 2 unspecified atom stereocenters. The summed E-state index contributed by atoms with van der Waals surface area (Å²) in [6, 6.07) is 0. The number of likely N-dealkylation sites (tertiary alicyclic amines) is 1. The van der Waals surface area contributed by atoms with Gasteiger partial charge in [-0.05, 0) is 25.2 Å². The van der Waals surface area contributed by atoms with Crippen molar-refractivity contribution in [3.8, 4) is 0 Å². The summed E-state index contributed by atoms with van der Waals surface area (Å²) in [5.41, 5.74) is 5.58. The highest BCUT2D eigenvalue weighted by Gasteiger charge is 2.30. The first-order valence-corrected chi connectivity index (χ1v) is 6.51. The van der Waals surface area contributed by atoms with Crippen molar-refractivity contribution in [1.82, 2.24) is 4.90 Å². The summed E-state index contributed by atoms with van der Waals surface area (Å²) in [5.74, 6) is -0.506. The second-order valence-electron chi connectivity index (χ2n) is 4.84. The molecule has 0 aromatic carbocycles. The number of carbonyl (C=O) groups excluding carboxylic acids is 1. The lowest BCUT2D eigenvalue weighted by molar-refractivity contribution is -0.135. The van der Waals surface area contributed by atoms with Crippen LogP contribution in [0.15, 0.2) is 5.16 Å². The lowest BCUT2D eigenvalue weighted by atomic mass is 9.95. The third-order valence-corrected chi connectivity index (χ3v) is 3.44. The number of aliphatic hydroxyl groups excluding tert-OH is 1. The van der Waals surface area contributed by atoms with Gasteiger partial charge in [0, 0.05) is 19.7 Å². The van der Waals surface area contributed by atoms with E-state index in [0.29, 0.717) is 19.5 Å². The summed E-state index contributed by atoms with van der Waals surface area (Å²) in [6.07, 6.45) is 3.22. The zero-order valence-electron chi connectivity index (χ0n) is 10.9. The van der Waals surface area contributed by atoms with E-state index >= 15 is 0 Å². The van der Waals surface area contributed by atoms with Gasteiger partial charge < -0.3 is 20.9 Å². The molecule has 1 aliphatic heterocycles. The standard InChI is InChI=1S/C12H23N3O3/c1-2-4-10(11(13)14-18)12(17)15-6-3-5-9(7-15)8-16/h9-10,16,18H,2-8H2,1H3,(H2,13,14). The van der Waals surface area contributed by atoms with Crippen molar-refractivity contribution in [2.24, 2.45) is 22.7 Å². The van der Waals surface area contributed by atoms with Gasteiger partial charge >= 0.3 is 0 Å². The van der Waals surface area contributed by atoms with Crippen LogP contribution in [0, 0.1) is 11.8 Å². The molecular weight excluding hydrogens is 234 g/mol. The molecule has 1 heterocycles. The third-order valence-electron chi connectivity index (χ3n) is 3.44. The van der Waals surface area contributed by atoms with Crippen molar-refractivity contribution in [3.05, 3.63) is 0 Å². The van der Waals surface area contributed by atoms with Gasteiger partial charge in [0.15, 0.2) is 5.84 Å². The van der Waals surface area contributed by atoms with Gasteiger partial charge in [-0.15, -0.1) is 0 Å². The minimum absolute atomic E-state index is 0.0204. The predicted octanol–water partition coefficient (Wildman–Crippen LogP) is 0.380. The lowest BCUT2D eigenvalue weighted by Gasteiger charge is -2.34. The average molecular weight is 257 g/mol. The molecule has 18 heavy (non-hydrogen) atoms. The fraction of sp³-hybridized carbons (Fsp3) is 0.833. The monoisotopic (exact) mass is 257 g/mol. The second kappa shape index (κ2) is 7.20. The second-order valence-corrected chi connectivity index (χ2v) is 4.84. The van der Waals surface area contributed by atoms with Crippen LogP contribution in [0.25, 0.3) is 0 Å². The van der Waals surface area contributed by atoms with Crippen molar-refractivity contribution >= 4 is 11.7 Å². The van der Waals surface area contributed by atoms with E-state index in [1.807, 2.05) is 6.92 Å². The third kappa shape index (κ3) is 3.60. The highest BCUT2D eigenvalue weighted by molar-refractivity contribution is 6.02.